The van der Waals surface area contributed by atoms with Gasteiger partial charge in [0, 0.05) is 20.2 Å². The molecule has 2 aromatic carbocycles. The number of halogens is 1. The summed E-state index contributed by atoms with van der Waals surface area (Å²) in [5.74, 6) is -0.0191. The number of amides is 1. The van der Waals surface area contributed by atoms with Crippen LogP contribution < -0.4 is 5.32 Å². The van der Waals surface area contributed by atoms with Crippen LogP contribution in [0.3, 0.4) is 0 Å². The Morgan fingerprint density at radius 1 is 1.13 bits per heavy atom. The van der Waals surface area contributed by atoms with Crippen LogP contribution in [0.15, 0.2) is 47.1 Å². The molecule has 0 unspecified atom stereocenters. The average Bonchev–Trinajstić information content (AvgIpc) is 3.14. The van der Waals surface area contributed by atoms with Crippen molar-refractivity contribution in [1.82, 2.24) is 0 Å². The van der Waals surface area contributed by atoms with Crippen LogP contribution in [-0.2, 0) is 24.1 Å². The van der Waals surface area contributed by atoms with E-state index in [1.54, 1.807) is 6.26 Å². The van der Waals surface area contributed by atoms with Gasteiger partial charge in [0.25, 0.3) is 0 Å². The Morgan fingerprint density at radius 3 is 2.65 bits per heavy atom. The third-order valence-corrected chi connectivity index (χ3v) is 5.07. The number of nitrogens with one attached hydrogen (secondary N) is 1. The van der Waals surface area contributed by atoms with Crippen molar-refractivity contribution in [3.8, 4) is 0 Å². The molecule has 4 rings (SSSR count). The molecule has 0 fully saturated rings. The van der Waals surface area contributed by atoms with Crippen molar-refractivity contribution in [2.24, 2.45) is 0 Å². The van der Waals surface area contributed by atoms with Crippen molar-refractivity contribution in [2.45, 2.75) is 25.7 Å². The van der Waals surface area contributed by atoms with Gasteiger partial charge in [-0.2, -0.15) is 0 Å². The number of hydrogen-bond acceptors (Lipinski definition) is 2. The van der Waals surface area contributed by atoms with Gasteiger partial charge in [0.1, 0.15) is 5.58 Å². The van der Waals surface area contributed by atoms with Gasteiger partial charge < -0.3 is 9.73 Å². The van der Waals surface area contributed by atoms with E-state index in [1.807, 2.05) is 24.3 Å². The molecule has 0 saturated heterocycles. The first-order chi connectivity index (χ1) is 11.2. The first-order valence-corrected chi connectivity index (χ1v) is 8.84. The summed E-state index contributed by atoms with van der Waals surface area (Å²) in [7, 11) is 0. The van der Waals surface area contributed by atoms with Gasteiger partial charge >= 0.3 is 0 Å². The van der Waals surface area contributed by atoms with Gasteiger partial charge in [-0.25, -0.2) is 0 Å². The second kappa shape index (κ2) is 6.00. The van der Waals surface area contributed by atoms with Crippen LogP contribution in [0.2, 0.25) is 0 Å². The van der Waals surface area contributed by atoms with Crippen LogP contribution in [0.5, 0.6) is 0 Å². The number of aryl methyl sites for hydroxylation is 2. The molecule has 0 aliphatic heterocycles. The summed E-state index contributed by atoms with van der Waals surface area (Å²) in [6, 6.07) is 12.1. The molecule has 1 aromatic heterocycles. The van der Waals surface area contributed by atoms with Crippen molar-refractivity contribution in [3.63, 3.8) is 0 Å². The Bertz CT molecular complexity index is 880. The first kappa shape index (κ1) is 14.8. The number of anilines is 1. The highest BCUT2D eigenvalue weighted by Gasteiger charge is 2.16. The molecular weight excluding hydrogens is 401 g/mol. The number of benzene rings is 2. The Hall–Kier alpha value is -1.82. The molecule has 3 nitrogen and oxygen atoms in total. The van der Waals surface area contributed by atoms with E-state index in [-0.39, 0.29) is 5.91 Å². The fourth-order valence-electron chi connectivity index (χ4n) is 3.20. The van der Waals surface area contributed by atoms with Crippen LogP contribution in [0.1, 0.15) is 23.1 Å². The molecule has 0 radical (unpaired) electrons. The number of furan rings is 1. The molecular formula is C19H16INO2. The fourth-order valence-corrected chi connectivity index (χ4v) is 3.56. The second-order valence-electron chi connectivity index (χ2n) is 5.96. The third-order valence-electron chi connectivity index (χ3n) is 4.35. The second-order valence-corrected chi connectivity index (χ2v) is 7.21. The maximum atomic E-state index is 12.3. The fraction of sp³-hybridized carbons (Fsp3) is 0.211. The summed E-state index contributed by atoms with van der Waals surface area (Å²) >= 11 is 2.25. The molecule has 0 bridgehead atoms. The van der Waals surface area contributed by atoms with Crippen LogP contribution >= 0.6 is 22.6 Å². The Morgan fingerprint density at radius 2 is 1.87 bits per heavy atom. The molecule has 0 spiro atoms. The van der Waals surface area contributed by atoms with E-state index in [2.05, 4.69) is 40.0 Å². The molecule has 116 valence electrons. The first-order valence-electron chi connectivity index (χ1n) is 7.76. The lowest BCUT2D eigenvalue weighted by Gasteiger charge is -2.05. The van der Waals surface area contributed by atoms with E-state index in [0.717, 1.165) is 38.6 Å². The molecule has 1 amide bonds. The van der Waals surface area contributed by atoms with Gasteiger partial charge in [-0.05, 0) is 89.4 Å². The highest BCUT2D eigenvalue weighted by atomic mass is 127. The van der Waals surface area contributed by atoms with E-state index in [4.69, 9.17) is 4.42 Å². The van der Waals surface area contributed by atoms with Gasteiger partial charge in [0.05, 0.1) is 12.7 Å². The van der Waals surface area contributed by atoms with Crippen LogP contribution in [-0.4, -0.2) is 5.91 Å². The summed E-state index contributed by atoms with van der Waals surface area (Å²) in [6.45, 7) is 0. The summed E-state index contributed by atoms with van der Waals surface area (Å²) in [4.78, 5) is 12.3. The van der Waals surface area contributed by atoms with E-state index in [9.17, 15) is 4.79 Å². The zero-order valence-corrected chi connectivity index (χ0v) is 14.7. The van der Waals surface area contributed by atoms with Crippen LogP contribution in [0.4, 0.5) is 5.69 Å². The van der Waals surface area contributed by atoms with Gasteiger partial charge in [-0.3, -0.25) is 4.79 Å². The van der Waals surface area contributed by atoms with Gasteiger partial charge in [0.15, 0.2) is 0 Å². The number of carbonyl (C=O) groups is 1. The van der Waals surface area contributed by atoms with Crippen molar-refractivity contribution in [1.29, 1.82) is 0 Å². The molecule has 23 heavy (non-hydrogen) atoms. The minimum Gasteiger partial charge on any atom is -0.464 e. The monoisotopic (exact) mass is 417 g/mol. The van der Waals surface area contributed by atoms with Gasteiger partial charge in [0.2, 0.25) is 5.91 Å². The predicted octanol–water partition coefficient (Wildman–Crippen LogP) is 4.71. The minimum absolute atomic E-state index is 0.0191. The number of hydrogen-bond donors (Lipinski definition) is 1. The number of rotatable bonds is 3. The van der Waals surface area contributed by atoms with E-state index in [0.29, 0.717) is 6.42 Å². The molecule has 1 aliphatic carbocycles. The lowest BCUT2D eigenvalue weighted by atomic mass is 10.0. The molecule has 1 N–H and O–H groups in total. The third kappa shape index (κ3) is 3.00. The molecule has 4 heteroatoms. The SMILES string of the molecule is O=C(Cc1coc2cc3c(cc12)CCC3)Nc1ccc(I)cc1. The number of fused-ring (bicyclic) bond motifs is 2. The quantitative estimate of drug-likeness (QED) is 0.628. The summed E-state index contributed by atoms with van der Waals surface area (Å²) in [6.07, 6.45) is 5.52. The average molecular weight is 417 g/mol. The van der Waals surface area contributed by atoms with Crippen molar-refractivity contribution >= 4 is 45.2 Å². The lowest BCUT2D eigenvalue weighted by Crippen LogP contribution is -2.14. The Kier molecular flexibility index (Phi) is 3.85. The standard InChI is InChI=1S/C19H16INO2/c20-15-4-6-16(7-5-15)21-19(22)10-14-11-23-18-9-13-3-1-2-12(13)8-17(14)18/h4-9,11H,1-3,10H2,(H,21,22). The summed E-state index contributed by atoms with van der Waals surface area (Å²) in [5, 5.41) is 4.01. The van der Waals surface area contributed by atoms with E-state index in [1.165, 1.54) is 17.5 Å². The molecule has 1 heterocycles. The van der Waals surface area contributed by atoms with Crippen molar-refractivity contribution < 1.29 is 9.21 Å². The smallest absolute Gasteiger partial charge is 0.228 e. The summed E-state index contributed by atoms with van der Waals surface area (Å²) in [5.41, 5.74) is 5.46. The topological polar surface area (TPSA) is 42.2 Å². The van der Waals surface area contributed by atoms with Crippen LogP contribution in [0, 0.1) is 3.57 Å². The van der Waals surface area contributed by atoms with Crippen LogP contribution in [0.25, 0.3) is 11.0 Å². The highest BCUT2D eigenvalue weighted by molar-refractivity contribution is 14.1. The minimum atomic E-state index is -0.0191. The van der Waals surface area contributed by atoms with E-state index < -0.39 is 0 Å². The Labute approximate surface area is 148 Å². The number of carbonyl (C=O) groups excluding carboxylic acids is 1. The summed E-state index contributed by atoms with van der Waals surface area (Å²) < 4.78 is 6.81. The van der Waals surface area contributed by atoms with Gasteiger partial charge in [-0.15, -0.1) is 0 Å². The Balaban J connectivity index is 1.55. The molecule has 0 atom stereocenters. The predicted molar refractivity (Wildman–Crippen MR) is 99.7 cm³/mol. The van der Waals surface area contributed by atoms with Crippen molar-refractivity contribution in [3.05, 3.63) is 62.9 Å². The zero-order valence-electron chi connectivity index (χ0n) is 12.6. The highest BCUT2D eigenvalue weighted by Crippen LogP contribution is 2.30. The molecule has 0 saturated carbocycles. The molecule has 3 aromatic rings. The van der Waals surface area contributed by atoms with Gasteiger partial charge in [-0.1, -0.05) is 0 Å². The maximum Gasteiger partial charge on any atom is 0.228 e. The largest absolute Gasteiger partial charge is 0.464 e. The zero-order chi connectivity index (χ0) is 15.8. The van der Waals surface area contributed by atoms with Crippen molar-refractivity contribution in [2.75, 3.05) is 5.32 Å². The maximum absolute atomic E-state index is 12.3. The van der Waals surface area contributed by atoms with E-state index >= 15 is 0 Å². The molecule has 1 aliphatic rings. The normalized spacial score (nSPS) is 13.3. The lowest BCUT2D eigenvalue weighted by molar-refractivity contribution is -0.115.